The van der Waals surface area contributed by atoms with Crippen molar-refractivity contribution in [2.24, 2.45) is 5.84 Å². The topological polar surface area (TPSA) is 47.3 Å². The molecule has 1 atom stereocenters. The number of para-hydroxylation sites is 1. The zero-order chi connectivity index (χ0) is 14.5. The van der Waals surface area contributed by atoms with E-state index in [0.29, 0.717) is 12.5 Å². The molecule has 0 spiro atoms. The SMILES string of the molecule is NNC(COc1ccccc1)c1ccccc1C1CCC1. The maximum absolute atomic E-state index is 5.86. The number of nitrogens with one attached hydrogen (secondary N) is 1. The minimum absolute atomic E-state index is 0.0157. The first kappa shape index (κ1) is 14.1. The van der Waals surface area contributed by atoms with Crippen LogP contribution in [0.1, 0.15) is 42.3 Å². The first-order valence-corrected chi connectivity index (χ1v) is 7.61. The third kappa shape index (κ3) is 3.26. The molecule has 0 bridgehead atoms. The lowest BCUT2D eigenvalue weighted by Crippen LogP contribution is -2.33. The van der Waals surface area contributed by atoms with Gasteiger partial charge >= 0.3 is 0 Å². The molecule has 1 saturated carbocycles. The Balaban J connectivity index is 1.73. The molecule has 3 heteroatoms. The molecule has 3 N–H and O–H groups in total. The summed E-state index contributed by atoms with van der Waals surface area (Å²) in [7, 11) is 0. The average Bonchev–Trinajstić information content (AvgIpc) is 2.49. The molecule has 2 aromatic carbocycles. The Kier molecular flexibility index (Phi) is 4.53. The Morgan fingerprint density at radius 2 is 1.76 bits per heavy atom. The van der Waals surface area contributed by atoms with Gasteiger partial charge in [0.1, 0.15) is 12.4 Å². The van der Waals surface area contributed by atoms with E-state index in [-0.39, 0.29) is 6.04 Å². The normalized spacial score (nSPS) is 16.2. The summed E-state index contributed by atoms with van der Waals surface area (Å²) in [5.41, 5.74) is 5.59. The highest BCUT2D eigenvalue weighted by Gasteiger charge is 2.24. The van der Waals surface area contributed by atoms with Crippen molar-refractivity contribution in [1.29, 1.82) is 0 Å². The van der Waals surface area contributed by atoms with Crippen molar-refractivity contribution in [3.63, 3.8) is 0 Å². The molecule has 1 unspecified atom stereocenters. The van der Waals surface area contributed by atoms with Crippen LogP contribution in [-0.2, 0) is 0 Å². The lowest BCUT2D eigenvalue weighted by Gasteiger charge is -2.30. The zero-order valence-electron chi connectivity index (χ0n) is 12.2. The highest BCUT2D eigenvalue weighted by Crippen LogP contribution is 2.39. The second kappa shape index (κ2) is 6.74. The van der Waals surface area contributed by atoms with Gasteiger partial charge in [0.15, 0.2) is 0 Å². The van der Waals surface area contributed by atoms with Crippen LogP contribution in [0.5, 0.6) is 5.75 Å². The lowest BCUT2D eigenvalue weighted by molar-refractivity contribution is 0.265. The fourth-order valence-electron chi connectivity index (χ4n) is 2.84. The van der Waals surface area contributed by atoms with E-state index in [0.717, 1.165) is 5.75 Å². The summed E-state index contributed by atoms with van der Waals surface area (Å²) in [5.74, 6) is 7.33. The molecule has 3 nitrogen and oxygen atoms in total. The number of hydrazine groups is 1. The third-order valence-corrected chi connectivity index (χ3v) is 4.28. The number of rotatable bonds is 6. The van der Waals surface area contributed by atoms with E-state index in [2.05, 4.69) is 29.7 Å². The van der Waals surface area contributed by atoms with Crippen molar-refractivity contribution >= 4 is 0 Å². The first-order chi connectivity index (χ1) is 10.4. The Bertz CT molecular complexity index is 566. The van der Waals surface area contributed by atoms with Gasteiger partial charge in [-0.2, -0.15) is 0 Å². The molecule has 0 heterocycles. The first-order valence-electron chi connectivity index (χ1n) is 7.61. The monoisotopic (exact) mass is 282 g/mol. The molecule has 0 radical (unpaired) electrons. The number of hydrogen-bond donors (Lipinski definition) is 2. The van der Waals surface area contributed by atoms with E-state index in [1.54, 1.807) is 0 Å². The van der Waals surface area contributed by atoms with Crippen molar-refractivity contribution in [1.82, 2.24) is 5.43 Å². The van der Waals surface area contributed by atoms with E-state index in [9.17, 15) is 0 Å². The maximum atomic E-state index is 5.86. The smallest absolute Gasteiger partial charge is 0.119 e. The van der Waals surface area contributed by atoms with Gasteiger partial charge in [0, 0.05) is 0 Å². The summed E-state index contributed by atoms with van der Waals surface area (Å²) < 4.78 is 5.86. The van der Waals surface area contributed by atoms with E-state index >= 15 is 0 Å². The van der Waals surface area contributed by atoms with Gasteiger partial charge in [0.25, 0.3) is 0 Å². The number of benzene rings is 2. The molecule has 1 aliphatic rings. The van der Waals surface area contributed by atoms with E-state index in [4.69, 9.17) is 10.6 Å². The van der Waals surface area contributed by atoms with Crippen LogP contribution in [0.3, 0.4) is 0 Å². The molecule has 1 fully saturated rings. The Morgan fingerprint density at radius 1 is 1.05 bits per heavy atom. The summed E-state index contributed by atoms with van der Waals surface area (Å²) in [6, 6.07) is 18.5. The van der Waals surface area contributed by atoms with Crippen LogP contribution < -0.4 is 16.0 Å². The fourth-order valence-corrected chi connectivity index (χ4v) is 2.84. The average molecular weight is 282 g/mol. The highest BCUT2D eigenvalue weighted by molar-refractivity contribution is 5.34. The highest BCUT2D eigenvalue weighted by atomic mass is 16.5. The van der Waals surface area contributed by atoms with Crippen LogP contribution >= 0.6 is 0 Å². The molecule has 0 saturated heterocycles. The van der Waals surface area contributed by atoms with Crippen LogP contribution in [0.25, 0.3) is 0 Å². The second-order valence-corrected chi connectivity index (χ2v) is 5.60. The number of hydrogen-bond acceptors (Lipinski definition) is 3. The molecule has 0 aliphatic heterocycles. The van der Waals surface area contributed by atoms with Crippen molar-refractivity contribution in [2.75, 3.05) is 6.61 Å². The van der Waals surface area contributed by atoms with Gasteiger partial charge in [-0.1, -0.05) is 48.9 Å². The molecule has 3 rings (SSSR count). The largest absolute Gasteiger partial charge is 0.492 e. The van der Waals surface area contributed by atoms with Gasteiger partial charge in [0.05, 0.1) is 6.04 Å². The summed E-state index contributed by atoms with van der Waals surface area (Å²) in [6.07, 6.45) is 3.90. The van der Waals surface area contributed by atoms with E-state index < -0.39 is 0 Å². The molecular weight excluding hydrogens is 260 g/mol. The van der Waals surface area contributed by atoms with Crippen LogP contribution in [0.15, 0.2) is 54.6 Å². The molecule has 0 amide bonds. The van der Waals surface area contributed by atoms with Gasteiger partial charge in [0.2, 0.25) is 0 Å². The van der Waals surface area contributed by atoms with Crippen molar-refractivity contribution in [3.8, 4) is 5.75 Å². The number of nitrogens with two attached hydrogens (primary N) is 1. The Labute approximate surface area is 126 Å². The molecule has 0 aromatic heterocycles. The van der Waals surface area contributed by atoms with Crippen molar-refractivity contribution in [2.45, 2.75) is 31.2 Å². The minimum atomic E-state index is 0.0157. The molecule has 2 aromatic rings. The van der Waals surface area contributed by atoms with Crippen LogP contribution in [0, 0.1) is 0 Å². The van der Waals surface area contributed by atoms with Gasteiger partial charge in [-0.15, -0.1) is 0 Å². The lowest BCUT2D eigenvalue weighted by atomic mass is 9.77. The Hall–Kier alpha value is -1.84. The second-order valence-electron chi connectivity index (χ2n) is 5.60. The van der Waals surface area contributed by atoms with Gasteiger partial charge in [-0.25, -0.2) is 5.43 Å². The number of ether oxygens (including phenoxy) is 1. The summed E-state index contributed by atoms with van der Waals surface area (Å²) in [5, 5.41) is 0. The quantitative estimate of drug-likeness (QED) is 0.629. The van der Waals surface area contributed by atoms with Gasteiger partial charge in [-0.05, 0) is 42.0 Å². The van der Waals surface area contributed by atoms with Crippen molar-refractivity contribution < 1.29 is 4.74 Å². The summed E-state index contributed by atoms with van der Waals surface area (Å²) in [4.78, 5) is 0. The third-order valence-electron chi connectivity index (χ3n) is 4.28. The standard InChI is InChI=1S/C18H22N2O/c19-20-18(13-21-15-9-2-1-3-10-15)17-12-5-4-11-16(17)14-7-6-8-14/h1-5,9-12,14,18,20H,6-8,13,19H2. The zero-order valence-corrected chi connectivity index (χ0v) is 12.2. The predicted molar refractivity (Wildman–Crippen MR) is 85.0 cm³/mol. The van der Waals surface area contributed by atoms with Crippen molar-refractivity contribution in [3.05, 3.63) is 65.7 Å². The summed E-state index contributed by atoms with van der Waals surface area (Å²) >= 11 is 0. The predicted octanol–water partition coefficient (Wildman–Crippen LogP) is 3.54. The maximum Gasteiger partial charge on any atom is 0.119 e. The fraction of sp³-hybridized carbons (Fsp3) is 0.333. The van der Waals surface area contributed by atoms with Crippen LogP contribution in [0.2, 0.25) is 0 Å². The Morgan fingerprint density at radius 3 is 2.43 bits per heavy atom. The molecule has 21 heavy (non-hydrogen) atoms. The summed E-state index contributed by atoms with van der Waals surface area (Å²) in [6.45, 7) is 0.532. The van der Waals surface area contributed by atoms with E-state index in [1.165, 1.54) is 30.4 Å². The molecule has 110 valence electrons. The minimum Gasteiger partial charge on any atom is -0.492 e. The van der Waals surface area contributed by atoms with Crippen LogP contribution in [-0.4, -0.2) is 6.61 Å². The van der Waals surface area contributed by atoms with Gasteiger partial charge in [-0.3, -0.25) is 5.84 Å². The van der Waals surface area contributed by atoms with E-state index in [1.807, 2.05) is 30.3 Å². The molecular formula is C18H22N2O. The van der Waals surface area contributed by atoms with Gasteiger partial charge < -0.3 is 4.74 Å². The molecule has 1 aliphatic carbocycles. The van der Waals surface area contributed by atoms with Crippen LogP contribution in [0.4, 0.5) is 0 Å².